The topological polar surface area (TPSA) is 82.0 Å². The van der Waals surface area contributed by atoms with Crippen LogP contribution in [-0.4, -0.2) is 40.2 Å². The lowest BCUT2D eigenvalue weighted by atomic mass is 9.95. The number of hydrazone groups is 1. The minimum Gasteiger partial charge on any atom is -0.477 e. The third-order valence-corrected chi connectivity index (χ3v) is 2.75. The third kappa shape index (κ3) is 1.82. The summed E-state index contributed by atoms with van der Waals surface area (Å²) in [6.07, 6.45) is 2.64. The van der Waals surface area contributed by atoms with Gasteiger partial charge in [-0.15, -0.1) is 0 Å². The van der Waals surface area contributed by atoms with E-state index in [0.29, 0.717) is 17.8 Å². The number of carbonyl (C=O) groups is 2. The lowest BCUT2D eigenvalue weighted by Crippen LogP contribution is -2.49. The molecule has 1 atom stereocenters. The van der Waals surface area contributed by atoms with Crippen molar-refractivity contribution in [2.75, 3.05) is 6.54 Å². The maximum absolute atomic E-state index is 12.0. The Kier molecular flexibility index (Phi) is 2.71. The summed E-state index contributed by atoms with van der Waals surface area (Å²) in [5.41, 5.74) is 3.74. The highest BCUT2D eigenvalue weighted by Crippen LogP contribution is 2.23. The summed E-state index contributed by atoms with van der Waals surface area (Å²) < 4.78 is 0. The van der Waals surface area contributed by atoms with Crippen molar-refractivity contribution in [2.45, 2.75) is 20.0 Å². The Balaban J connectivity index is 2.48. The van der Waals surface area contributed by atoms with E-state index in [1.807, 2.05) is 6.92 Å². The first kappa shape index (κ1) is 11.4. The van der Waals surface area contributed by atoms with Crippen molar-refractivity contribution >= 4 is 17.5 Å². The number of carbonyl (C=O) groups excluding carboxylic acids is 1. The van der Waals surface area contributed by atoms with Crippen LogP contribution in [-0.2, 0) is 9.59 Å². The van der Waals surface area contributed by atoms with Crippen LogP contribution in [0.3, 0.4) is 0 Å². The molecule has 2 rings (SSSR count). The Hall–Kier alpha value is -2.11. The van der Waals surface area contributed by atoms with Crippen molar-refractivity contribution in [3.05, 3.63) is 23.4 Å². The van der Waals surface area contributed by atoms with E-state index in [4.69, 9.17) is 5.11 Å². The van der Waals surface area contributed by atoms with Gasteiger partial charge in [0, 0.05) is 18.3 Å². The van der Waals surface area contributed by atoms with Gasteiger partial charge in [0.1, 0.15) is 11.7 Å². The SMILES string of the molecule is CCN1C=C(C(=O)O)C(=O)C2=CC(C)=NNC21. The molecule has 2 aliphatic heterocycles. The highest BCUT2D eigenvalue weighted by atomic mass is 16.4. The minimum absolute atomic E-state index is 0.203. The molecular weight excluding hydrogens is 222 g/mol. The van der Waals surface area contributed by atoms with Gasteiger partial charge in [-0.2, -0.15) is 5.10 Å². The Morgan fingerprint density at radius 1 is 1.65 bits per heavy atom. The van der Waals surface area contributed by atoms with Gasteiger partial charge in [0.05, 0.1) is 5.71 Å². The number of ketones is 1. The predicted molar refractivity (Wildman–Crippen MR) is 61.2 cm³/mol. The molecule has 2 N–H and O–H groups in total. The van der Waals surface area contributed by atoms with Gasteiger partial charge < -0.3 is 10.0 Å². The first-order valence-electron chi connectivity index (χ1n) is 5.31. The lowest BCUT2D eigenvalue weighted by Gasteiger charge is -2.36. The average Bonchev–Trinajstić information content (AvgIpc) is 2.29. The first-order valence-corrected chi connectivity index (χ1v) is 5.31. The van der Waals surface area contributed by atoms with Crippen molar-refractivity contribution < 1.29 is 14.7 Å². The smallest absolute Gasteiger partial charge is 0.341 e. The van der Waals surface area contributed by atoms with Crippen molar-refractivity contribution in [2.24, 2.45) is 5.10 Å². The molecule has 0 saturated heterocycles. The van der Waals surface area contributed by atoms with Crippen LogP contribution in [0.5, 0.6) is 0 Å². The molecule has 17 heavy (non-hydrogen) atoms. The number of nitrogens with one attached hydrogen (secondary N) is 1. The highest BCUT2D eigenvalue weighted by Gasteiger charge is 2.36. The molecule has 1 unspecified atom stereocenters. The zero-order valence-electron chi connectivity index (χ0n) is 9.60. The standard InChI is InChI=1S/C11H13N3O3/c1-3-14-5-8(11(16)17)9(15)7-4-6(2)12-13-10(7)14/h4-5,10,13H,3H2,1-2H3,(H,16,17). The zero-order valence-corrected chi connectivity index (χ0v) is 9.60. The molecule has 0 aromatic carbocycles. The average molecular weight is 235 g/mol. The van der Waals surface area contributed by atoms with Crippen LogP contribution in [0.25, 0.3) is 0 Å². The number of hydrogen-bond acceptors (Lipinski definition) is 5. The van der Waals surface area contributed by atoms with Crippen LogP contribution in [0.2, 0.25) is 0 Å². The number of likely N-dealkylation sites (N-methyl/N-ethyl adjacent to an activating group) is 1. The Morgan fingerprint density at radius 3 is 2.94 bits per heavy atom. The van der Waals surface area contributed by atoms with Gasteiger partial charge in [0.15, 0.2) is 0 Å². The van der Waals surface area contributed by atoms with E-state index >= 15 is 0 Å². The van der Waals surface area contributed by atoms with Crippen molar-refractivity contribution in [1.29, 1.82) is 0 Å². The fourth-order valence-electron chi connectivity index (χ4n) is 1.89. The van der Waals surface area contributed by atoms with E-state index in [2.05, 4.69) is 10.5 Å². The summed E-state index contributed by atoms with van der Waals surface area (Å²) in [7, 11) is 0. The summed E-state index contributed by atoms with van der Waals surface area (Å²) in [6.45, 7) is 4.22. The molecule has 0 spiro atoms. The van der Waals surface area contributed by atoms with Crippen LogP contribution in [0.4, 0.5) is 0 Å². The summed E-state index contributed by atoms with van der Waals surface area (Å²) >= 11 is 0. The number of fused-ring (bicyclic) bond motifs is 1. The maximum Gasteiger partial charge on any atom is 0.341 e. The van der Waals surface area contributed by atoms with E-state index in [0.717, 1.165) is 0 Å². The summed E-state index contributed by atoms with van der Waals surface area (Å²) in [5.74, 6) is -1.65. The second kappa shape index (κ2) is 4.04. The molecule has 0 saturated carbocycles. The number of Topliss-reactive ketones (excluding diaryl/α,β-unsaturated/α-hetero) is 1. The largest absolute Gasteiger partial charge is 0.477 e. The van der Waals surface area contributed by atoms with Gasteiger partial charge in [0.2, 0.25) is 5.78 Å². The van der Waals surface area contributed by atoms with Crippen molar-refractivity contribution in [1.82, 2.24) is 10.3 Å². The van der Waals surface area contributed by atoms with Crippen LogP contribution >= 0.6 is 0 Å². The summed E-state index contributed by atoms with van der Waals surface area (Å²) in [5, 5.41) is 13.0. The second-order valence-corrected chi connectivity index (χ2v) is 3.89. The van der Waals surface area contributed by atoms with E-state index in [1.54, 1.807) is 17.9 Å². The molecule has 0 aromatic heterocycles. The molecule has 2 aliphatic rings. The molecule has 0 aromatic rings. The number of hydrogen-bond donors (Lipinski definition) is 2. The van der Waals surface area contributed by atoms with Crippen LogP contribution in [0.1, 0.15) is 13.8 Å². The summed E-state index contributed by atoms with van der Waals surface area (Å²) in [6, 6.07) is 0. The fraction of sp³-hybridized carbons (Fsp3) is 0.364. The molecular formula is C11H13N3O3. The molecule has 0 fully saturated rings. The first-order chi connectivity index (χ1) is 8.04. The zero-order chi connectivity index (χ0) is 12.6. The predicted octanol–water partition coefficient (Wildman–Crippen LogP) is 0.0911. The van der Waals surface area contributed by atoms with Gasteiger partial charge in [-0.3, -0.25) is 10.2 Å². The molecule has 0 bridgehead atoms. The van der Waals surface area contributed by atoms with E-state index in [9.17, 15) is 9.59 Å². The number of carboxylic acids is 1. The normalized spacial score (nSPS) is 23.2. The number of nitrogens with zero attached hydrogens (tertiary/aromatic N) is 2. The van der Waals surface area contributed by atoms with E-state index in [-0.39, 0.29) is 11.7 Å². The number of carboxylic acid groups (broad SMARTS) is 1. The molecule has 90 valence electrons. The quantitative estimate of drug-likeness (QED) is 0.663. The molecule has 0 aliphatic carbocycles. The lowest BCUT2D eigenvalue weighted by molar-refractivity contribution is -0.134. The monoisotopic (exact) mass is 235 g/mol. The fourth-order valence-corrected chi connectivity index (χ4v) is 1.89. The van der Waals surface area contributed by atoms with Gasteiger partial charge in [-0.25, -0.2) is 4.79 Å². The second-order valence-electron chi connectivity index (χ2n) is 3.89. The molecule has 6 nitrogen and oxygen atoms in total. The minimum atomic E-state index is -1.20. The molecule has 2 heterocycles. The number of aliphatic carboxylic acids is 1. The van der Waals surface area contributed by atoms with Crippen molar-refractivity contribution in [3.8, 4) is 0 Å². The van der Waals surface area contributed by atoms with E-state index < -0.39 is 11.8 Å². The van der Waals surface area contributed by atoms with Crippen LogP contribution in [0, 0.1) is 0 Å². The van der Waals surface area contributed by atoms with Gasteiger partial charge in [-0.1, -0.05) is 0 Å². The summed E-state index contributed by atoms with van der Waals surface area (Å²) in [4.78, 5) is 24.7. The maximum atomic E-state index is 12.0. The molecule has 6 heteroatoms. The third-order valence-electron chi connectivity index (χ3n) is 2.75. The van der Waals surface area contributed by atoms with Gasteiger partial charge >= 0.3 is 5.97 Å². The van der Waals surface area contributed by atoms with Gasteiger partial charge in [-0.05, 0) is 19.9 Å². The molecule has 0 radical (unpaired) electrons. The number of rotatable bonds is 2. The highest BCUT2D eigenvalue weighted by molar-refractivity contribution is 6.25. The number of allylic oxidation sites excluding steroid dienone is 1. The molecule has 0 amide bonds. The van der Waals surface area contributed by atoms with E-state index in [1.165, 1.54) is 6.20 Å². The van der Waals surface area contributed by atoms with Crippen molar-refractivity contribution in [3.63, 3.8) is 0 Å². The Morgan fingerprint density at radius 2 is 2.35 bits per heavy atom. The van der Waals surface area contributed by atoms with Crippen LogP contribution in [0.15, 0.2) is 28.5 Å². The Bertz CT molecular complexity index is 476. The Labute approximate surface area is 98.3 Å². The van der Waals surface area contributed by atoms with Gasteiger partial charge in [0.25, 0.3) is 0 Å². The van der Waals surface area contributed by atoms with Crippen LogP contribution < -0.4 is 5.43 Å².